The van der Waals surface area contributed by atoms with Crippen molar-refractivity contribution in [1.29, 1.82) is 0 Å². The SMILES string of the molecule is CC(O)C(=O)O[P+](=O)OC(=O)C(C)O. The molecule has 0 aliphatic heterocycles. The summed E-state index contributed by atoms with van der Waals surface area (Å²) in [6.07, 6.45) is -2.92. The Bertz CT molecular complexity index is 223. The first kappa shape index (κ1) is 13.0. The normalized spacial score (nSPS) is 15.3. The molecule has 80 valence electrons. The molecule has 0 aromatic heterocycles. The van der Waals surface area contributed by atoms with Crippen LogP contribution in [-0.2, 0) is 23.2 Å². The highest BCUT2D eigenvalue weighted by molar-refractivity contribution is 7.34. The fraction of sp³-hybridized carbons (Fsp3) is 0.667. The Balaban J connectivity index is 4.00. The van der Waals surface area contributed by atoms with Gasteiger partial charge in [0.25, 0.3) is 0 Å². The molecule has 0 aromatic carbocycles. The largest absolute Gasteiger partial charge is 0.811 e. The predicted octanol–water partition coefficient (Wildman–Crippen LogP) is -0.508. The van der Waals surface area contributed by atoms with E-state index in [1.54, 1.807) is 0 Å². The van der Waals surface area contributed by atoms with Crippen LogP contribution in [0.15, 0.2) is 0 Å². The lowest BCUT2D eigenvalue weighted by molar-refractivity contribution is -0.146. The van der Waals surface area contributed by atoms with Crippen molar-refractivity contribution in [3.8, 4) is 0 Å². The van der Waals surface area contributed by atoms with Crippen molar-refractivity contribution in [1.82, 2.24) is 0 Å². The Labute approximate surface area is 80.6 Å². The minimum Gasteiger partial charge on any atom is -0.381 e. The summed E-state index contributed by atoms with van der Waals surface area (Å²) in [5.41, 5.74) is 0. The van der Waals surface area contributed by atoms with Gasteiger partial charge < -0.3 is 10.2 Å². The molecule has 0 spiro atoms. The van der Waals surface area contributed by atoms with Crippen LogP contribution < -0.4 is 0 Å². The molecule has 0 amide bonds. The number of hydrogen-bond acceptors (Lipinski definition) is 7. The molecule has 2 N–H and O–H groups in total. The van der Waals surface area contributed by atoms with E-state index in [1.165, 1.54) is 0 Å². The van der Waals surface area contributed by atoms with E-state index in [-0.39, 0.29) is 0 Å². The van der Waals surface area contributed by atoms with Crippen molar-refractivity contribution in [3.05, 3.63) is 0 Å². The summed E-state index contributed by atoms with van der Waals surface area (Å²) in [7, 11) is -2.99. The highest BCUT2D eigenvalue weighted by Gasteiger charge is 2.34. The van der Waals surface area contributed by atoms with E-state index >= 15 is 0 Å². The number of aliphatic hydroxyl groups excluding tert-OH is 2. The molecular weight excluding hydrogens is 215 g/mol. The van der Waals surface area contributed by atoms with Gasteiger partial charge in [-0.05, 0) is 13.8 Å². The highest BCUT2D eigenvalue weighted by atomic mass is 31.1. The van der Waals surface area contributed by atoms with E-state index in [9.17, 15) is 14.2 Å². The van der Waals surface area contributed by atoms with E-state index in [4.69, 9.17) is 10.2 Å². The van der Waals surface area contributed by atoms with Crippen LogP contribution in [0.25, 0.3) is 0 Å². The second-order valence-electron chi connectivity index (χ2n) is 2.40. The molecule has 14 heavy (non-hydrogen) atoms. The summed E-state index contributed by atoms with van der Waals surface area (Å²) in [5, 5.41) is 17.2. The van der Waals surface area contributed by atoms with Crippen molar-refractivity contribution < 1.29 is 33.4 Å². The highest BCUT2D eigenvalue weighted by Crippen LogP contribution is 2.25. The third kappa shape index (κ3) is 4.86. The summed E-state index contributed by atoms with van der Waals surface area (Å²) in [5.74, 6) is -2.35. The molecule has 0 heterocycles. The number of rotatable bonds is 4. The molecule has 8 heteroatoms. The zero-order valence-corrected chi connectivity index (χ0v) is 8.43. The zero-order valence-electron chi connectivity index (χ0n) is 7.54. The smallest absolute Gasteiger partial charge is 0.381 e. The maximum absolute atomic E-state index is 10.7. The molecule has 7 nitrogen and oxygen atoms in total. The Kier molecular flexibility index (Phi) is 5.22. The van der Waals surface area contributed by atoms with Gasteiger partial charge in [-0.25, -0.2) is 9.59 Å². The van der Waals surface area contributed by atoms with Gasteiger partial charge in [-0.1, -0.05) is 0 Å². The summed E-state index contributed by atoms with van der Waals surface area (Å²) in [6.45, 7) is 2.20. The van der Waals surface area contributed by atoms with Crippen molar-refractivity contribution in [2.24, 2.45) is 0 Å². The first-order valence-electron chi connectivity index (χ1n) is 3.61. The number of carbonyl (C=O) groups excluding carboxylic acids is 2. The molecule has 0 aliphatic rings. The van der Waals surface area contributed by atoms with Crippen molar-refractivity contribution in [2.75, 3.05) is 0 Å². The molecule has 0 saturated heterocycles. The first-order chi connectivity index (χ1) is 6.34. The third-order valence-corrected chi connectivity index (χ3v) is 1.67. The van der Waals surface area contributed by atoms with Gasteiger partial charge >= 0.3 is 20.2 Å². The maximum Gasteiger partial charge on any atom is 0.811 e. The number of hydrogen-bond donors (Lipinski definition) is 2. The summed E-state index contributed by atoms with van der Waals surface area (Å²) >= 11 is 0. The topological polar surface area (TPSA) is 110 Å². The Morgan fingerprint density at radius 3 is 1.57 bits per heavy atom. The lowest BCUT2D eigenvalue weighted by Gasteiger charge is -1.96. The van der Waals surface area contributed by atoms with Crippen LogP contribution in [0, 0.1) is 0 Å². The quantitative estimate of drug-likeness (QED) is 0.620. The Morgan fingerprint density at radius 2 is 1.36 bits per heavy atom. The van der Waals surface area contributed by atoms with Crippen LogP contribution in [0.2, 0.25) is 0 Å². The fourth-order valence-corrected chi connectivity index (χ4v) is 0.954. The Hall–Kier alpha value is -1.04. The molecule has 0 aromatic rings. The summed E-state index contributed by atoms with van der Waals surface area (Å²) < 4.78 is 18.7. The van der Waals surface area contributed by atoms with Gasteiger partial charge in [-0.15, -0.1) is 0 Å². The Morgan fingerprint density at radius 1 is 1.07 bits per heavy atom. The third-order valence-electron chi connectivity index (χ3n) is 1.01. The van der Waals surface area contributed by atoms with E-state index in [1.807, 2.05) is 0 Å². The van der Waals surface area contributed by atoms with Crippen LogP contribution in [0.4, 0.5) is 0 Å². The van der Waals surface area contributed by atoms with Crippen molar-refractivity contribution in [3.63, 3.8) is 0 Å². The van der Waals surface area contributed by atoms with Crippen molar-refractivity contribution in [2.45, 2.75) is 26.1 Å². The molecule has 2 atom stereocenters. The van der Waals surface area contributed by atoms with Crippen LogP contribution in [-0.4, -0.2) is 34.4 Å². The predicted molar refractivity (Wildman–Crippen MR) is 43.2 cm³/mol. The minimum atomic E-state index is -2.99. The standard InChI is InChI=1S/C6H10O7P/c1-3(7)5(9)12-14(11)13-6(10)4(2)8/h3-4,7-8H,1-2H3/q+1. The van der Waals surface area contributed by atoms with Gasteiger partial charge in [0.15, 0.2) is 12.2 Å². The lowest BCUT2D eigenvalue weighted by atomic mass is 10.4. The van der Waals surface area contributed by atoms with E-state index < -0.39 is 32.4 Å². The number of carbonyl (C=O) groups is 2. The molecule has 0 fully saturated rings. The average molecular weight is 225 g/mol. The number of aliphatic hydroxyl groups is 2. The molecule has 2 unspecified atom stereocenters. The molecule has 0 aliphatic carbocycles. The van der Waals surface area contributed by atoms with Gasteiger partial charge in [0.05, 0.1) is 0 Å². The monoisotopic (exact) mass is 225 g/mol. The zero-order chi connectivity index (χ0) is 11.3. The van der Waals surface area contributed by atoms with Gasteiger partial charge in [0.2, 0.25) is 0 Å². The lowest BCUT2D eigenvalue weighted by Crippen LogP contribution is -2.19. The molecule has 0 bridgehead atoms. The first-order valence-corrected chi connectivity index (χ1v) is 4.71. The maximum atomic E-state index is 10.7. The molecule has 0 radical (unpaired) electrons. The molecule has 0 saturated carbocycles. The molecular formula is C6H10O7P+. The van der Waals surface area contributed by atoms with Gasteiger partial charge in [0.1, 0.15) is 0 Å². The second kappa shape index (κ2) is 5.64. The second-order valence-corrected chi connectivity index (χ2v) is 3.21. The van der Waals surface area contributed by atoms with Crippen LogP contribution in [0.3, 0.4) is 0 Å². The van der Waals surface area contributed by atoms with Gasteiger partial charge in [-0.3, -0.25) is 0 Å². The average Bonchev–Trinajstić information content (AvgIpc) is 2.03. The summed E-state index contributed by atoms with van der Waals surface area (Å²) in [6, 6.07) is 0. The van der Waals surface area contributed by atoms with Gasteiger partial charge in [0, 0.05) is 4.57 Å². The van der Waals surface area contributed by atoms with E-state index in [0.29, 0.717) is 0 Å². The van der Waals surface area contributed by atoms with Crippen LogP contribution in [0.5, 0.6) is 0 Å². The fourth-order valence-electron chi connectivity index (χ4n) is 0.318. The van der Waals surface area contributed by atoms with Crippen LogP contribution in [0.1, 0.15) is 13.8 Å². The minimum absolute atomic E-state index is 1.10. The van der Waals surface area contributed by atoms with Crippen LogP contribution >= 0.6 is 8.25 Å². The molecule has 0 rings (SSSR count). The van der Waals surface area contributed by atoms with Crippen molar-refractivity contribution >= 4 is 20.2 Å². The van der Waals surface area contributed by atoms with Gasteiger partial charge in [-0.2, -0.15) is 9.05 Å². The summed E-state index contributed by atoms with van der Waals surface area (Å²) in [4.78, 5) is 21.2. The van der Waals surface area contributed by atoms with E-state index in [2.05, 4.69) is 9.05 Å². The van der Waals surface area contributed by atoms with E-state index in [0.717, 1.165) is 13.8 Å².